The summed E-state index contributed by atoms with van der Waals surface area (Å²) in [7, 11) is 0. The number of benzene rings is 1. The van der Waals surface area contributed by atoms with Crippen LogP contribution in [0.5, 0.6) is 0 Å². The Morgan fingerprint density at radius 2 is 1.89 bits per heavy atom. The molecule has 0 aliphatic carbocycles. The van der Waals surface area contributed by atoms with Crippen molar-refractivity contribution in [3.8, 4) is 0 Å². The van der Waals surface area contributed by atoms with Crippen molar-refractivity contribution in [3.63, 3.8) is 0 Å². The van der Waals surface area contributed by atoms with Gasteiger partial charge in [-0.25, -0.2) is 4.79 Å². The summed E-state index contributed by atoms with van der Waals surface area (Å²) in [5.41, 5.74) is 6.30. The fourth-order valence-electron chi connectivity index (χ4n) is 1.24. The van der Waals surface area contributed by atoms with Crippen molar-refractivity contribution < 1.29 is 14.7 Å². The van der Waals surface area contributed by atoms with Gasteiger partial charge in [-0.1, -0.05) is 12.1 Å². The highest BCUT2D eigenvalue weighted by Gasteiger charge is 2.25. The van der Waals surface area contributed by atoms with Gasteiger partial charge in [0.15, 0.2) is 0 Å². The van der Waals surface area contributed by atoms with Gasteiger partial charge in [0.2, 0.25) is 5.91 Å². The minimum absolute atomic E-state index is 0.149. The smallest absolute Gasteiger partial charge is 0.328 e. The number of aliphatic carboxylic acids is 1. The Bertz CT molecular complexity index is 490. The van der Waals surface area contributed by atoms with Crippen LogP contribution in [0, 0.1) is 5.41 Å². The van der Waals surface area contributed by atoms with E-state index in [9.17, 15) is 9.59 Å². The molecule has 0 saturated carbocycles. The molecule has 1 amide bonds. The SMILES string of the molecule is CC(C)(CN)C(=O)Nc1ccc(/C=C/C(=O)O)cc1. The van der Waals surface area contributed by atoms with E-state index in [0.29, 0.717) is 5.69 Å². The molecule has 0 bridgehead atoms. The quantitative estimate of drug-likeness (QED) is 0.704. The molecule has 4 N–H and O–H groups in total. The topological polar surface area (TPSA) is 92.4 Å². The molecule has 0 spiro atoms. The van der Waals surface area contributed by atoms with Gasteiger partial charge in [0.05, 0.1) is 5.41 Å². The number of nitrogens with one attached hydrogen (secondary N) is 1. The summed E-state index contributed by atoms with van der Waals surface area (Å²) in [6, 6.07) is 6.88. The molecule has 0 aliphatic heterocycles. The van der Waals surface area contributed by atoms with Gasteiger partial charge >= 0.3 is 5.97 Å². The summed E-state index contributed by atoms with van der Waals surface area (Å²) in [4.78, 5) is 22.3. The molecule has 0 radical (unpaired) electrons. The fourth-order valence-corrected chi connectivity index (χ4v) is 1.24. The number of hydrogen-bond acceptors (Lipinski definition) is 3. The molecule has 0 heterocycles. The minimum Gasteiger partial charge on any atom is -0.478 e. The van der Waals surface area contributed by atoms with Crippen molar-refractivity contribution in [2.45, 2.75) is 13.8 Å². The molecule has 19 heavy (non-hydrogen) atoms. The van der Waals surface area contributed by atoms with Crippen LogP contribution in [-0.2, 0) is 9.59 Å². The normalized spacial score (nSPS) is 11.5. The van der Waals surface area contributed by atoms with Crippen LogP contribution < -0.4 is 11.1 Å². The second-order valence-electron chi connectivity index (χ2n) is 4.84. The molecule has 1 aromatic carbocycles. The number of carboxylic acids is 1. The molecular formula is C14H18N2O3. The molecule has 5 nitrogen and oxygen atoms in total. The molecule has 1 rings (SSSR count). The predicted molar refractivity (Wildman–Crippen MR) is 74.6 cm³/mol. The number of nitrogens with two attached hydrogens (primary N) is 1. The third-order valence-electron chi connectivity index (χ3n) is 2.71. The van der Waals surface area contributed by atoms with Gasteiger partial charge in [-0.2, -0.15) is 0 Å². The summed E-state index contributed by atoms with van der Waals surface area (Å²) >= 11 is 0. The van der Waals surface area contributed by atoms with E-state index < -0.39 is 11.4 Å². The van der Waals surface area contributed by atoms with E-state index >= 15 is 0 Å². The molecule has 0 atom stereocenters. The van der Waals surface area contributed by atoms with Crippen LogP contribution in [0.2, 0.25) is 0 Å². The lowest BCUT2D eigenvalue weighted by Gasteiger charge is -2.21. The van der Waals surface area contributed by atoms with E-state index in [1.165, 1.54) is 6.08 Å². The zero-order valence-electron chi connectivity index (χ0n) is 11.0. The number of amides is 1. The van der Waals surface area contributed by atoms with Gasteiger partial charge < -0.3 is 16.2 Å². The van der Waals surface area contributed by atoms with Crippen molar-refractivity contribution in [2.75, 3.05) is 11.9 Å². The maximum absolute atomic E-state index is 11.9. The Balaban J connectivity index is 2.72. The van der Waals surface area contributed by atoms with E-state index in [0.717, 1.165) is 11.6 Å². The average Bonchev–Trinajstić information content (AvgIpc) is 2.37. The molecular weight excluding hydrogens is 244 g/mol. The van der Waals surface area contributed by atoms with Crippen molar-refractivity contribution in [1.82, 2.24) is 0 Å². The Kier molecular flexibility index (Phi) is 4.83. The summed E-state index contributed by atoms with van der Waals surface area (Å²) in [5, 5.41) is 11.3. The summed E-state index contributed by atoms with van der Waals surface area (Å²) in [5.74, 6) is -1.15. The van der Waals surface area contributed by atoms with Crippen LogP contribution in [0.15, 0.2) is 30.3 Å². The van der Waals surface area contributed by atoms with Crippen molar-refractivity contribution in [1.29, 1.82) is 0 Å². The van der Waals surface area contributed by atoms with Crippen LogP contribution in [0.25, 0.3) is 6.08 Å². The van der Waals surface area contributed by atoms with Crippen molar-refractivity contribution in [3.05, 3.63) is 35.9 Å². The van der Waals surface area contributed by atoms with Crippen LogP contribution in [0.3, 0.4) is 0 Å². The Labute approximate surface area is 112 Å². The second-order valence-corrected chi connectivity index (χ2v) is 4.84. The van der Waals surface area contributed by atoms with Gasteiger partial charge in [-0.3, -0.25) is 4.79 Å². The van der Waals surface area contributed by atoms with Crippen molar-refractivity contribution >= 4 is 23.6 Å². The lowest BCUT2D eigenvalue weighted by molar-refractivity contribution is -0.131. The molecule has 0 aromatic heterocycles. The number of hydrogen-bond donors (Lipinski definition) is 3. The first-order valence-corrected chi connectivity index (χ1v) is 5.88. The summed E-state index contributed by atoms with van der Waals surface area (Å²) in [6.07, 6.45) is 2.54. The summed E-state index contributed by atoms with van der Waals surface area (Å²) in [6.45, 7) is 3.80. The van der Waals surface area contributed by atoms with Crippen LogP contribution >= 0.6 is 0 Å². The van der Waals surface area contributed by atoms with Gasteiger partial charge in [0, 0.05) is 18.3 Å². The van der Waals surface area contributed by atoms with Crippen molar-refractivity contribution in [2.24, 2.45) is 11.1 Å². The Morgan fingerprint density at radius 1 is 1.32 bits per heavy atom. The average molecular weight is 262 g/mol. The highest BCUT2D eigenvalue weighted by molar-refractivity contribution is 5.95. The van der Waals surface area contributed by atoms with Crippen LogP contribution in [-0.4, -0.2) is 23.5 Å². The first kappa shape index (κ1) is 14.9. The number of anilines is 1. The highest BCUT2D eigenvalue weighted by Crippen LogP contribution is 2.17. The minimum atomic E-state index is -0.998. The first-order valence-electron chi connectivity index (χ1n) is 5.88. The monoisotopic (exact) mass is 262 g/mol. The molecule has 1 aromatic rings. The number of carbonyl (C=O) groups is 2. The molecule has 0 saturated heterocycles. The highest BCUT2D eigenvalue weighted by atomic mass is 16.4. The Hall–Kier alpha value is -2.14. The molecule has 0 unspecified atom stereocenters. The summed E-state index contributed by atoms with van der Waals surface area (Å²) < 4.78 is 0. The van der Waals surface area contributed by atoms with Gasteiger partial charge in [0.1, 0.15) is 0 Å². The number of rotatable bonds is 5. The number of carbonyl (C=O) groups excluding carboxylic acids is 1. The fraction of sp³-hybridized carbons (Fsp3) is 0.286. The van der Waals surface area contributed by atoms with Crippen LogP contribution in [0.1, 0.15) is 19.4 Å². The first-order chi connectivity index (χ1) is 8.85. The van der Waals surface area contributed by atoms with Crippen LogP contribution in [0.4, 0.5) is 5.69 Å². The largest absolute Gasteiger partial charge is 0.478 e. The Morgan fingerprint density at radius 3 is 2.37 bits per heavy atom. The van der Waals surface area contributed by atoms with Gasteiger partial charge in [0.25, 0.3) is 0 Å². The van der Waals surface area contributed by atoms with E-state index in [1.807, 2.05) is 0 Å². The molecule has 0 aliphatic rings. The van der Waals surface area contributed by atoms with E-state index in [2.05, 4.69) is 5.32 Å². The molecule has 0 fully saturated rings. The third kappa shape index (κ3) is 4.56. The standard InChI is InChI=1S/C14H18N2O3/c1-14(2,9-15)13(19)16-11-6-3-10(4-7-11)5-8-12(17)18/h3-8H,9,15H2,1-2H3,(H,16,19)(H,17,18)/b8-5+. The maximum Gasteiger partial charge on any atom is 0.328 e. The molecule has 5 heteroatoms. The van der Waals surface area contributed by atoms with E-state index in [-0.39, 0.29) is 12.5 Å². The molecule has 102 valence electrons. The lowest BCUT2D eigenvalue weighted by atomic mass is 9.92. The maximum atomic E-state index is 11.9. The van der Waals surface area contributed by atoms with Gasteiger partial charge in [-0.15, -0.1) is 0 Å². The zero-order valence-corrected chi connectivity index (χ0v) is 11.0. The number of carboxylic acid groups (broad SMARTS) is 1. The predicted octanol–water partition coefficient (Wildman–Crippen LogP) is 1.71. The van der Waals surface area contributed by atoms with Gasteiger partial charge in [-0.05, 0) is 37.6 Å². The second kappa shape index (κ2) is 6.15. The third-order valence-corrected chi connectivity index (χ3v) is 2.71. The lowest BCUT2D eigenvalue weighted by Crippen LogP contribution is -2.37. The van der Waals surface area contributed by atoms with E-state index in [4.69, 9.17) is 10.8 Å². The zero-order chi connectivity index (χ0) is 14.5. The van der Waals surface area contributed by atoms with E-state index in [1.54, 1.807) is 38.1 Å².